The molecule has 0 spiro atoms. The summed E-state index contributed by atoms with van der Waals surface area (Å²) in [5, 5.41) is 3.04. The fourth-order valence-electron chi connectivity index (χ4n) is 1.46. The van der Waals surface area contributed by atoms with Gasteiger partial charge in [-0.05, 0) is 6.92 Å². The molecular formula is C10H14N2O2. The molecule has 4 heteroatoms. The third-order valence-corrected chi connectivity index (χ3v) is 2.29. The highest BCUT2D eigenvalue weighted by Crippen LogP contribution is 2.11. The molecule has 1 saturated heterocycles. The summed E-state index contributed by atoms with van der Waals surface area (Å²) in [4.78, 5) is 23.8. The first kappa shape index (κ1) is 10.7. The van der Waals surface area contributed by atoms with Gasteiger partial charge in [0, 0.05) is 19.5 Å². The van der Waals surface area contributed by atoms with Gasteiger partial charge in [-0.1, -0.05) is 0 Å². The summed E-state index contributed by atoms with van der Waals surface area (Å²) >= 11 is 0. The maximum Gasteiger partial charge on any atom is 0.246 e. The van der Waals surface area contributed by atoms with Crippen molar-refractivity contribution >= 4 is 11.8 Å². The molecule has 0 saturated carbocycles. The molecule has 2 amide bonds. The van der Waals surface area contributed by atoms with Crippen molar-refractivity contribution in [3.05, 3.63) is 0 Å². The smallest absolute Gasteiger partial charge is 0.246 e. The Labute approximate surface area is 83.6 Å². The van der Waals surface area contributed by atoms with Gasteiger partial charge in [0.05, 0.1) is 12.5 Å². The highest BCUT2D eigenvalue weighted by atomic mass is 16.2. The van der Waals surface area contributed by atoms with Crippen LogP contribution in [0.1, 0.15) is 19.8 Å². The first-order valence-corrected chi connectivity index (χ1v) is 4.56. The van der Waals surface area contributed by atoms with E-state index in [1.54, 1.807) is 0 Å². The average molecular weight is 194 g/mol. The Balaban J connectivity index is 2.52. The van der Waals surface area contributed by atoms with E-state index in [4.69, 9.17) is 6.42 Å². The van der Waals surface area contributed by atoms with Crippen molar-refractivity contribution in [1.82, 2.24) is 10.2 Å². The van der Waals surface area contributed by atoms with Crippen molar-refractivity contribution < 1.29 is 9.59 Å². The van der Waals surface area contributed by atoms with Crippen molar-refractivity contribution in [3.63, 3.8) is 0 Å². The van der Waals surface area contributed by atoms with Crippen LogP contribution in [0.25, 0.3) is 0 Å². The molecule has 14 heavy (non-hydrogen) atoms. The van der Waals surface area contributed by atoms with E-state index in [9.17, 15) is 9.59 Å². The third-order valence-electron chi connectivity index (χ3n) is 2.29. The van der Waals surface area contributed by atoms with Crippen LogP contribution in [0.4, 0.5) is 0 Å². The van der Waals surface area contributed by atoms with Crippen LogP contribution in [0.15, 0.2) is 0 Å². The van der Waals surface area contributed by atoms with E-state index >= 15 is 0 Å². The standard InChI is InChI=1S/C10H14N2O2/c1-4-5-7(2)11-8-6-9(13)12(3)10(8)14/h1,7-8,11H,5-6H2,2-3H3. The van der Waals surface area contributed by atoms with E-state index in [2.05, 4.69) is 11.2 Å². The predicted molar refractivity (Wildman–Crippen MR) is 52.2 cm³/mol. The van der Waals surface area contributed by atoms with Crippen LogP contribution in [0.2, 0.25) is 0 Å². The summed E-state index contributed by atoms with van der Waals surface area (Å²) < 4.78 is 0. The number of carbonyl (C=O) groups is 2. The number of rotatable bonds is 3. The van der Waals surface area contributed by atoms with Crippen LogP contribution in [0.3, 0.4) is 0 Å². The summed E-state index contributed by atoms with van der Waals surface area (Å²) in [6.45, 7) is 1.90. The molecule has 0 aliphatic carbocycles. The monoisotopic (exact) mass is 194 g/mol. The number of terminal acetylenes is 1. The molecule has 1 aliphatic heterocycles. The number of likely N-dealkylation sites (tertiary alicyclic amines) is 1. The molecule has 1 heterocycles. The second kappa shape index (κ2) is 4.25. The predicted octanol–water partition coefficient (Wildman–Crippen LogP) is -0.255. The highest BCUT2D eigenvalue weighted by molar-refractivity contribution is 6.05. The molecule has 1 aliphatic rings. The highest BCUT2D eigenvalue weighted by Gasteiger charge is 2.36. The molecule has 4 nitrogen and oxygen atoms in total. The van der Waals surface area contributed by atoms with Crippen LogP contribution >= 0.6 is 0 Å². The van der Waals surface area contributed by atoms with Gasteiger partial charge in [0.2, 0.25) is 11.8 Å². The maximum absolute atomic E-state index is 11.4. The minimum Gasteiger partial charge on any atom is -0.302 e. The van der Waals surface area contributed by atoms with Crippen molar-refractivity contribution in [2.75, 3.05) is 7.05 Å². The Morgan fingerprint density at radius 3 is 2.79 bits per heavy atom. The zero-order valence-electron chi connectivity index (χ0n) is 8.41. The minimum absolute atomic E-state index is 0.0632. The number of amides is 2. The quantitative estimate of drug-likeness (QED) is 0.497. The molecule has 0 radical (unpaired) electrons. The zero-order chi connectivity index (χ0) is 10.7. The summed E-state index contributed by atoms with van der Waals surface area (Å²) in [7, 11) is 1.50. The molecule has 1 N–H and O–H groups in total. The third kappa shape index (κ3) is 2.12. The molecule has 2 unspecified atom stereocenters. The van der Waals surface area contributed by atoms with Crippen molar-refractivity contribution in [3.8, 4) is 12.3 Å². The molecule has 0 aromatic rings. The molecule has 1 fully saturated rings. The van der Waals surface area contributed by atoms with Gasteiger partial charge >= 0.3 is 0 Å². The summed E-state index contributed by atoms with van der Waals surface area (Å²) in [5.41, 5.74) is 0. The lowest BCUT2D eigenvalue weighted by Crippen LogP contribution is -2.41. The van der Waals surface area contributed by atoms with E-state index in [1.807, 2.05) is 6.92 Å². The Morgan fingerprint density at radius 2 is 2.36 bits per heavy atom. The number of nitrogens with one attached hydrogen (secondary N) is 1. The Morgan fingerprint density at radius 1 is 1.71 bits per heavy atom. The SMILES string of the molecule is C#CCC(C)NC1CC(=O)N(C)C1=O. The number of carbonyl (C=O) groups excluding carboxylic acids is 2. The molecule has 2 atom stereocenters. The van der Waals surface area contributed by atoms with E-state index in [-0.39, 0.29) is 24.3 Å². The Hall–Kier alpha value is -1.34. The molecule has 0 bridgehead atoms. The van der Waals surface area contributed by atoms with Crippen LogP contribution in [0.5, 0.6) is 0 Å². The topological polar surface area (TPSA) is 49.4 Å². The van der Waals surface area contributed by atoms with Gasteiger partial charge in [-0.15, -0.1) is 12.3 Å². The fraction of sp³-hybridized carbons (Fsp3) is 0.600. The van der Waals surface area contributed by atoms with Crippen LogP contribution < -0.4 is 5.32 Å². The van der Waals surface area contributed by atoms with Gasteiger partial charge in [-0.25, -0.2) is 0 Å². The van der Waals surface area contributed by atoms with Crippen LogP contribution in [0, 0.1) is 12.3 Å². The molecule has 0 aromatic heterocycles. The zero-order valence-corrected chi connectivity index (χ0v) is 8.41. The number of hydrogen-bond acceptors (Lipinski definition) is 3. The van der Waals surface area contributed by atoms with Gasteiger partial charge in [0.15, 0.2) is 0 Å². The number of imide groups is 1. The number of nitrogens with zero attached hydrogens (tertiary/aromatic N) is 1. The fourth-order valence-corrected chi connectivity index (χ4v) is 1.46. The van der Waals surface area contributed by atoms with Crippen molar-refractivity contribution in [2.24, 2.45) is 0 Å². The van der Waals surface area contributed by atoms with Crippen molar-refractivity contribution in [1.29, 1.82) is 0 Å². The molecule has 76 valence electrons. The first-order chi connectivity index (χ1) is 6.56. The average Bonchev–Trinajstić information content (AvgIpc) is 2.34. The largest absolute Gasteiger partial charge is 0.302 e. The van der Waals surface area contributed by atoms with Gasteiger partial charge in [0.25, 0.3) is 0 Å². The molecular weight excluding hydrogens is 180 g/mol. The number of hydrogen-bond donors (Lipinski definition) is 1. The Bertz CT molecular complexity index is 293. The van der Waals surface area contributed by atoms with Gasteiger partial charge in [-0.3, -0.25) is 14.5 Å². The summed E-state index contributed by atoms with van der Waals surface area (Å²) in [6.07, 6.45) is 5.94. The van der Waals surface area contributed by atoms with Crippen LogP contribution in [-0.2, 0) is 9.59 Å². The van der Waals surface area contributed by atoms with E-state index in [1.165, 1.54) is 7.05 Å². The number of likely N-dealkylation sites (N-methyl/N-ethyl adjacent to an activating group) is 1. The van der Waals surface area contributed by atoms with Gasteiger partial charge in [-0.2, -0.15) is 0 Å². The van der Waals surface area contributed by atoms with Crippen LogP contribution in [-0.4, -0.2) is 35.8 Å². The van der Waals surface area contributed by atoms with E-state index < -0.39 is 6.04 Å². The maximum atomic E-state index is 11.4. The lowest BCUT2D eigenvalue weighted by atomic mass is 10.2. The summed E-state index contributed by atoms with van der Waals surface area (Å²) in [5.74, 6) is 2.20. The van der Waals surface area contributed by atoms with E-state index in [0.717, 1.165) is 4.90 Å². The second-order valence-electron chi connectivity index (χ2n) is 3.52. The van der Waals surface area contributed by atoms with Gasteiger partial charge in [0.1, 0.15) is 0 Å². The lowest BCUT2D eigenvalue weighted by Gasteiger charge is -2.15. The Kier molecular flexibility index (Phi) is 3.26. The van der Waals surface area contributed by atoms with E-state index in [0.29, 0.717) is 6.42 Å². The summed E-state index contributed by atoms with van der Waals surface area (Å²) in [6, 6.07) is -0.330. The second-order valence-corrected chi connectivity index (χ2v) is 3.52. The molecule has 0 aromatic carbocycles. The lowest BCUT2D eigenvalue weighted by molar-refractivity contribution is -0.137. The normalized spacial score (nSPS) is 23.8. The first-order valence-electron chi connectivity index (χ1n) is 4.56. The minimum atomic E-state index is -0.393. The molecule has 1 rings (SSSR count). The van der Waals surface area contributed by atoms with Crippen molar-refractivity contribution in [2.45, 2.75) is 31.8 Å². The van der Waals surface area contributed by atoms with Gasteiger partial charge < -0.3 is 5.32 Å².